The molecule has 0 fully saturated rings. The normalized spacial score (nSPS) is 14.5. The van der Waals surface area contributed by atoms with Crippen LogP contribution in [0.2, 0.25) is 0 Å². The summed E-state index contributed by atoms with van der Waals surface area (Å²) in [5, 5.41) is 8.36. The van der Waals surface area contributed by atoms with E-state index in [-0.39, 0.29) is 16.2 Å². The summed E-state index contributed by atoms with van der Waals surface area (Å²) in [7, 11) is -4.03. The minimum Gasteiger partial charge on any atom is -0.337 e. The minimum atomic E-state index is -4.03. The molecule has 0 aliphatic carbocycles. The monoisotopic (exact) mass is 484 g/mol. The number of carbonyl (C=O) groups excluding carboxylic acids is 2. The predicted molar refractivity (Wildman–Crippen MR) is 133 cm³/mol. The lowest BCUT2D eigenvalue weighted by Gasteiger charge is -2.24. The summed E-state index contributed by atoms with van der Waals surface area (Å²) in [6.07, 6.45) is 2.48. The molecule has 1 aliphatic rings. The van der Waals surface area contributed by atoms with Crippen molar-refractivity contribution in [1.29, 1.82) is 0 Å². The molecule has 2 aromatic rings. The zero-order chi connectivity index (χ0) is 24.9. The third-order valence-electron chi connectivity index (χ3n) is 5.55. The molecule has 0 bridgehead atoms. The summed E-state index contributed by atoms with van der Waals surface area (Å²) in [6, 6.07) is 13.1. The second kappa shape index (κ2) is 10.4. The van der Waals surface area contributed by atoms with Crippen molar-refractivity contribution in [2.75, 3.05) is 11.6 Å². The highest BCUT2D eigenvalue weighted by Crippen LogP contribution is 2.26. The second-order valence-electron chi connectivity index (χ2n) is 9.29. The fraction of sp³-hybridized carbons (Fsp3) is 0.400. The molecule has 0 saturated carbocycles. The first kappa shape index (κ1) is 25.4. The van der Waals surface area contributed by atoms with Gasteiger partial charge in [0.2, 0.25) is 5.91 Å². The van der Waals surface area contributed by atoms with Gasteiger partial charge in [-0.25, -0.2) is 22.9 Å². The Morgan fingerprint density at radius 1 is 1.03 bits per heavy atom. The lowest BCUT2D eigenvalue weighted by atomic mass is 9.86. The van der Waals surface area contributed by atoms with Crippen LogP contribution in [0.3, 0.4) is 0 Å². The quantitative estimate of drug-likeness (QED) is 0.571. The first-order chi connectivity index (χ1) is 16.0. The van der Waals surface area contributed by atoms with Gasteiger partial charge < -0.3 is 5.32 Å². The van der Waals surface area contributed by atoms with E-state index in [1.165, 1.54) is 34.8 Å². The first-order valence-electron chi connectivity index (χ1n) is 11.4. The van der Waals surface area contributed by atoms with Gasteiger partial charge in [0.05, 0.1) is 16.3 Å². The third kappa shape index (κ3) is 6.22. The number of nitrogens with zero attached hydrogens (tertiary/aromatic N) is 2. The highest BCUT2D eigenvalue weighted by atomic mass is 32.2. The van der Waals surface area contributed by atoms with Crippen molar-refractivity contribution in [3.05, 3.63) is 59.7 Å². The Labute approximate surface area is 201 Å². The predicted octanol–water partition coefficient (Wildman–Crippen LogP) is 4.30. The van der Waals surface area contributed by atoms with Gasteiger partial charge in [-0.2, -0.15) is 5.10 Å². The van der Waals surface area contributed by atoms with Gasteiger partial charge in [0.1, 0.15) is 0 Å². The van der Waals surface area contributed by atoms with Crippen molar-refractivity contribution in [1.82, 2.24) is 10.0 Å². The molecular weight excluding hydrogens is 452 g/mol. The minimum absolute atomic E-state index is 0.0437. The van der Waals surface area contributed by atoms with Crippen LogP contribution in [-0.4, -0.2) is 32.6 Å². The number of rotatable bonds is 7. The number of benzene rings is 2. The Morgan fingerprint density at radius 2 is 1.68 bits per heavy atom. The van der Waals surface area contributed by atoms with E-state index < -0.39 is 16.1 Å². The number of anilines is 1. The standard InChI is InChI=1S/C25H32N4O4S/c1-5-6-17-26-24(31)28-34(32,33)21-13-11-20(12-14-21)29-23(30)16-15-22(27-29)18-7-9-19(10-8-18)25(2,3)4/h7-14H,5-6,15-17H2,1-4H3,(H2,26,28,31). The molecule has 3 rings (SSSR count). The van der Waals surface area contributed by atoms with E-state index in [4.69, 9.17) is 0 Å². The molecular formula is C25H32N4O4S. The van der Waals surface area contributed by atoms with Crippen molar-refractivity contribution >= 4 is 33.4 Å². The topological polar surface area (TPSA) is 108 Å². The van der Waals surface area contributed by atoms with Crippen LogP contribution >= 0.6 is 0 Å². The van der Waals surface area contributed by atoms with Crippen molar-refractivity contribution in [2.45, 2.75) is 63.7 Å². The van der Waals surface area contributed by atoms with E-state index in [0.29, 0.717) is 25.1 Å². The maximum atomic E-state index is 12.5. The number of unbranched alkanes of at least 4 members (excludes halogenated alkanes) is 1. The van der Waals surface area contributed by atoms with Crippen LogP contribution in [0.4, 0.5) is 10.5 Å². The van der Waals surface area contributed by atoms with E-state index in [1.54, 1.807) is 0 Å². The Kier molecular flexibility index (Phi) is 7.76. The van der Waals surface area contributed by atoms with Gasteiger partial charge in [-0.1, -0.05) is 58.4 Å². The Morgan fingerprint density at radius 3 is 2.26 bits per heavy atom. The lowest BCUT2D eigenvalue weighted by molar-refractivity contribution is -0.118. The number of nitrogens with one attached hydrogen (secondary N) is 2. The van der Waals surface area contributed by atoms with Gasteiger partial charge in [0, 0.05) is 19.4 Å². The third-order valence-corrected chi connectivity index (χ3v) is 6.90. The van der Waals surface area contributed by atoms with Crippen LogP contribution in [-0.2, 0) is 20.2 Å². The van der Waals surface area contributed by atoms with Crippen molar-refractivity contribution in [3.63, 3.8) is 0 Å². The summed E-state index contributed by atoms with van der Waals surface area (Å²) >= 11 is 0. The molecule has 0 atom stereocenters. The lowest BCUT2D eigenvalue weighted by Crippen LogP contribution is -2.39. The molecule has 0 saturated heterocycles. The second-order valence-corrected chi connectivity index (χ2v) is 11.0. The van der Waals surface area contributed by atoms with Crippen LogP contribution in [0.5, 0.6) is 0 Å². The maximum Gasteiger partial charge on any atom is 0.328 e. The fourth-order valence-corrected chi connectivity index (χ4v) is 4.41. The molecule has 2 N–H and O–H groups in total. The van der Waals surface area contributed by atoms with Crippen LogP contribution in [0.1, 0.15) is 64.5 Å². The zero-order valence-electron chi connectivity index (χ0n) is 20.1. The Bertz CT molecular complexity index is 1160. The largest absolute Gasteiger partial charge is 0.337 e. The van der Waals surface area contributed by atoms with Crippen LogP contribution in [0, 0.1) is 0 Å². The number of sulfonamides is 1. The van der Waals surface area contributed by atoms with Gasteiger partial charge in [-0.15, -0.1) is 0 Å². The summed E-state index contributed by atoms with van der Waals surface area (Å²) in [5.41, 5.74) is 3.46. The van der Waals surface area contributed by atoms with E-state index in [2.05, 4.69) is 43.3 Å². The number of hydrogen-bond donors (Lipinski definition) is 2. The van der Waals surface area contributed by atoms with Crippen LogP contribution < -0.4 is 15.0 Å². The summed E-state index contributed by atoms with van der Waals surface area (Å²) in [4.78, 5) is 24.3. The zero-order valence-corrected chi connectivity index (χ0v) is 20.9. The molecule has 3 amide bonds. The number of hydrogen-bond acceptors (Lipinski definition) is 5. The molecule has 182 valence electrons. The van der Waals surface area contributed by atoms with Crippen molar-refractivity contribution < 1.29 is 18.0 Å². The maximum absolute atomic E-state index is 12.5. The SMILES string of the molecule is CCCCNC(=O)NS(=O)(=O)c1ccc(N2N=C(c3ccc(C(C)(C)C)cc3)CCC2=O)cc1. The van der Waals surface area contributed by atoms with E-state index in [9.17, 15) is 18.0 Å². The summed E-state index contributed by atoms with van der Waals surface area (Å²) in [5.74, 6) is -0.168. The Hall–Kier alpha value is -3.20. The van der Waals surface area contributed by atoms with E-state index in [1.807, 2.05) is 23.8 Å². The van der Waals surface area contributed by atoms with Gasteiger partial charge in [-0.05, 0) is 47.2 Å². The first-order valence-corrected chi connectivity index (χ1v) is 12.9. The number of urea groups is 1. The number of amides is 3. The average Bonchev–Trinajstić information content (AvgIpc) is 2.79. The van der Waals surface area contributed by atoms with Crippen LogP contribution in [0.15, 0.2) is 58.5 Å². The van der Waals surface area contributed by atoms with Gasteiger partial charge in [0.25, 0.3) is 10.0 Å². The van der Waals surface area contributed by atoms with Crippen LogP contribution in [0.25, 0.3) is 0 Å². The molecule has 0 unspecified atom stereocenters. The van der Waals surface area contributed by atoms with Crippen molar-refractivity contribution in [3.8, 4) is 0 Å². The number of carbonyl (C=O) groups is 2. The molecule has 1 heterocycles. The molecule has 0 radical (unpaired) electrons. The summed E-state index contributed by atoms with van der Waals surface area (Å²) < 4.78 is 27.0. The molecule has 34 heavy (non-hydrogen) atoms. The molecule has 2 aromatic carbocycles. The average molecular weight is 485 g/mol. The van der Waals surface area contributed by atoms with Gasteiger partial charge in [-0.3, -0.25) is 4.79 Å². The fourth-order valence-electron chi connectivity index (χ4n) is 3.49. The van der Waals surface area contributed by atoms with Gasteiger partial charge in [0.15, 0.2) is 0 Å². The van der Waals surface area contributed by atoms with E-state index in [0.717, 1.165) is 24.1 Å². The van der Waals surface area contributed by atoms with E-state index >= 15 is 0 Å². The summed E-state index contributed by atoms with van der Waals surface area (Å²) in [6.45, 7) is 8.82. The number of hydrazone groups is 1. The smallest absolute Gasteiger partial charge is 0.328 e. The highest BCUT2D eigenvalue weighted by Gasteiger charge is 2.24. The highest BCUT2D eigenvalue weighted by molar-refractivity contribution is 7.90. The Balaban J connectivity index is 1.77. The molecule has 0 aromatic heterocycles. The van der Waals surface area contributed by atoms with Crippen molar-refractivity contribution in [2.24, 2.45) is 5.10 Å². The molecule has 8 nitrogen and oxygen atoms in total. The molecule has 9 heteroatoms. The van der Waals surface area contributed by atoms with Gasteiger partial charge >= 0.3 is 6.03 Å². The molecule has 1 aliphatic heterocycles. The molecule has 0 spiro atoms.